The van der Waals surface area contributed by atoms with Gasteiger partial charge in [0.2, 0.25) is 0 Å². The van der Waals surface area contributed by atoms with Crippen molar-refractivity contribution in [1.29, 1.82) is 0 Å². The summed E-state index contributed by atoms with van der Waals surface area (Å²) >= 11 is 0. The number of carbonyl (C=O) groups excluding carboxylic acids is 1. The highest BCUT2D eigenvalue weighted by Crippen LogP contribution is 2.17. The lowest BCUT2D eigenvalue weighted by Gasteiger charge is -2.22. The van der Waals surface area contributed by atoms with E-state index in [2.05, 4.69) is 33.9 Å². The van der Waals surface area contributed by atoms with E-state index in [0.29, 0.717) is 12.2 Å². The number of hydrogen-bond acceptors (Lipinski definition) is 3. The van der Waals surface area contributed by atoms with Crippen molar-refractivity contribution >= 4 is 5.91 Å². The van der Waals surface area contributed by atoms with Crippen molar-refractivity contribution in [2.75, 3.05) is 13.1 Å². The smallest absolute Gasteiger partial charge is 0.274 e. The molecule has 1 N–H and O–H groups in total. The van der Waals surface area contributed by atoms with Gasteiger partial charge >= 0.3 is 0 Å². The molecular formula is C13H18N4O. The van der Waals surface area contributed by atoms with Crippen LogP contribution < -0.4 is 5.32 Å². The first-order valence-corrected chi connectivity index (χ1v) is 6.54. The van der Waals surface area contributed by atoms with E-state index >= 15 is 0 Å². The fraction of sp³-hybridized carbons (Fsp3) is 0.538. The van der Waals surface area contributed by atoms with Crippen LogP contribution in [0.2, 0.25) is 0 Å². The molecule has 1 atom stereocenters. The molecule has 3 heterocycles. The maximum Gasteiger partial charge on any atom is 0.274 e. The number of aromatic nitrogens is 2. The molecule has 5 heteroatoms. The topological polar surface area (TPSA) is 50.2 Å². The molecule has 3 rings (SSSR count). The summed E-state index contributed by atoms with van der Waals surface area (Å²) in [4.78, 5) is 18.8. The van der Waals surface area contributed by atoms with E-state index in [0.717, 1.165) is 31.9 Å². The predicted molar refractivity (Wildman–Crippen MR) is 68.2 cm³/mol. The lowest BCUT2D eigenvalue weighted by Crippen LogP contribution is -2.35. The number of fused-ring (bicyclic) bond motifs is 1. The lowest BCUT2D eigenvalue weighted by atomic mass is 10.2. The highest BCUT2D eigenvalue weighted by atomic mass is 16.2. The van der Waals surface area contributed by atoms with Gasteiger partial charge in [0.1, 0.15) is 11.5 Å². The number of nitrogens with zero attached hydrogens (tertiary/aromatic N) is 3. The normalized spacial score (nSPS) is 22.3. The summed E-state index contributed by atoms with van der Waals surface area (Å²) in [6.45, 7) is 5.40. The number of rotatable bonds is 2. The molecule has 0 fully saturated rings. The van der Waals surface area contributed by atoms with Crippen LogP contribution in [0.1, 0.15) is 29.7 Å². The van der Waals surface area contributed by atoms with Crippen LogP contribution in [0.3, 0.4) is 0 Å². The molecule has 2 aliphatic rings. The third-order valence-electron chi connectivity index (χ3n) is 3.63. The maximum absolute atomic E-state index is 12.4. The Bertz CT molecular complexity index is 468. The van der Waals surface area contributed by atoms with Gasteiger partial charge < -0.3 is 14.8 Å². The fourth-order valence-corrected chi connectivity index (χ4v) is 2.60. The molecule has 0 unspecified atom stereocenters. The number of hydrogen-bond donors (Lipinski definition) is 1. The second-order valence-corrected chi connectivity index (χ2v) is 4.77. The van der Waals surface area contributed by atoms with E-state index in [1.54, 1.807) is 0 Å². The summed E-state index contributed by atoms with van der Waals surface area (Å²) < 4.78 is 2.08. The van der Waals surface area contributed by atoms with Crippen LogP contribution in [0.15, 0.2) is 18.3 Å². The molecule has 5 nitrogen and oxygen atoms in total. The molecule has 0 saturated carbocycles. The van der Waals surface area contributed by atoms with Gasteiger partial charge in [-0.05, 0) is 6.42 Å². The van der Waals surface area contributed by atoms with Crippen LogP contribution in [0.5, 0.6) is 0 Å². The van der Waals surface area contributed by atoms with Crippen LogP contribution in [0, 0.1) is 0 Å². The van der Waals surface area contributed by atoms with Crippen molar-refractivity contribution in [2.45, 2.75) is 32.5 Å². The average Bonchev–Trinajstić information content (AvgIpc) is 3.03. The van der Waals surface area contributed by atoms with Gasteiger partial charge in [-0.25, -0.2) is 4.98 Å². The second kappa shape index (κ2) is 4.57. The Balaban J connectivity index is 1.82. The molecule has 0 aromatic carbocycles. The molecule has 1 amide bonds. The minimum Gasteiger partial charge on any atom is -0.332 e. The van der Waals surface area contributed by atoms with Crippen molar-refractivity contribution < 1.29 is 4.79 Å². The summed E-state index contributed by atoms with van der Waals surface area (Å²) in [5.74, 6) is 1.01. The molecule has 0 radical (unpaired) electrons. The zero-order chi connectivity index (χ0) is 12.5. The highest BCUT2D eigenvalue weighted by molar-refractivity contribution is 5.93. The van der Waals surface area contributed by atoms with E-state index in [1.807, 2.05) is 11.1 Å². The van der Waals surface area contributed by atoms with E-state index in [9.17, 15) is 4.79 Å². The zero-order valence-corrected chi connectivity index (χ0v) is 10.6. The highest BCUT2D eigenvalue weighted by Gasteiger charge is 2.27. The first kappa shape index (κ1) is 11.5. The number of amides is 1. The zero-order valence-electron chi connectivity index (χ0n) is 10.6. The SMILES string of the molecule is CC[C@H]1C=CCN1C(=O)c1cn2c(n1)CNCC2. The maximum atomic E-state index is 12.4. The van der Waals surface area contributed by atoms with Crippen LogP contribution in [0.4, 0.5) is 0 Å². The summed E-state index contributed by atoms with van der Waals surface area (Å²) in [7, 11) is 0. The first-order chi connectivity index (χ1) is 8.79. The van der Waals surface area contributed by atoms with Crippen molar-refractivity contribution in [3.05, 3.63) is 29.9 Å². The fourth-order valence-electron chi connectivity index (χ4n) is 2.60. The summed E-state index contributed by atoms with van der Waals surface area (Å²) in [5, 5.41) is 3.26. The Hall–Kier alpha value is -1.62. The first-order valence-electron chi connectivity index (χ1n) is 6.54. The quantitative estimate of drug-likeness (QED) is 0.784. The third-order valence-corrected chi connectivity index (χ3v) is 3.63. The Morgan fingerprint density at radius 1 is 1.61 bits per heavy atom. The molecule has 0 aliphatic carbocycles. The van der Waals surface area contributed by atoms with Crippen LogP contribution >= 0.6 is 0 Å². The second-order valence-electron chi connectivity index (χ2n) is 4.77. The summed E-state index contributed by atoms with van der Waals surface area (Å²) in [5.41, 5.74) is 0.579. The third kappa shape index (κ3) is 1.84. The van der Waals surface area contributed by atoms with Gasteiger partial charge in [-0.2, -0.15) is 0 Å². The summed E-state index contributed by atoms with van der Waals surface area (Å²) in [6.07, 6.45) is 7.01. The molecule has 96 valence electrons. The van der Waals surface area contributed by atoms with Gasteiger partial charge in [0.15, 0.2) is 0 Å². The van der Waals surface area contributed by atoms with Gasteiger partial charge in [-0.3, -0.25) is 4.79 Å². The van der Waals surface area contributed by atoms with E-state index in [1.165, 1.54) is 0 Å². The van der Waals surface area contributed by atoms with Gasteiger partial charge in [-0.15, -0.1) is 0 Å². The Kier molecular flexibility index (Phi) is 2.91. The molecule has 0 bridgehead atoms. The number of imidazole rings is 1. The molecule has 1 aromatic rings. The van der Waals surface area contributed by atoms with Gasteiger partial charge in [-0.1, -0.05) is 19.1 Å². The summed E-state index contributed by atoms with van der Waals surface area (Å²) in [6, 6.07) is 0.231. The van der Waals surface area contributed by atoms with E-state index in [4.69, 9.17) is 0 Å². The molecule has 1 aromatic heterocycles. The van der Waals surface area contributed by atoms with E-state index in [-0.39, 0.29) is 11.9 Å². The lowest BCUT2D eigenvalue weighted by molar-refractivity contribution is 0.0742. The van der Waals surface area contributed by atoms with E-state index < -0.39 is 0 Å². The van der Waals surface area contributed by atoms with Crippen molar-refractivity contribution in [2.24, 2.45) is 0 Å². The van der Waals surface area contributed by atoms with Crippen molar-refractivity contribution in [1.82, 2.24) is 19.8 Å². The predicted octanol–water partition coefficient (Wildman–Crippen LogP) is 0.777. The minimum absolute atomic E-state index is 0.0498. The molecule has 2 aliphatic heterocycles. The van der Waals surface area contributed by atoms with Crippen molar-refractivity contribution in [3.63, 3.8) is 0 Å². The molecule has 18 heavy (non-hydrogen) atoms. The van der Waals surface area contributed by atoms with Gasteiger partial charge in [0.05, 0.1) is 12.6 Å². The standard InChI is InChI=1S/C13H18N4O/c1-2-10-4-3-6-17(10)13(18)11-9-16-7-5-14-8-12(16)15-11/h3-4,9-10,14H,2,5-8H2,1H3/t10-/m0/s1. The van der Waals surface area contributed by atoms with Gasteiger partial charge in [0, 0.05) is 25.8 Å². The largest absolute Gasteiger partial charge is 0.332 e. The van der Waals surface area contributed by atoms with Crippen molar-refractivity contribution in [3.8, 4) is 0 Å². The van der Waals surface area contributed by atoms with Crippen LogP contribution in [-0.2, 0) is 13.1 Å². The Morgan fingerprint density at radius 3 is 3.28 bits per heavy atom. The molecule has 0 saturated heterocycles. The Labute approximate surface area is 106 Å². The van der Waals surface area contributed by atoms with Crippen LogP contribution in [-0.4, -0.2) is 39.5 Å². The molecule has 0 spiro atoms. The minimum atomic E-state index is 0.0498. The van der Waals surface area contributed by atoms with Crippen LogP contribution in [0.25, 0.3) is 0 Å². The number of carbonyl (C=O) groups is 1. The number of nitrogens with one attached hydrogen (secondary N) is 1. The van der Waals surface area contributed by atoms with Gasteiger partial charge in [0.25, 0.3) is 5.91 Å². The monoisotopic (exact) mass is 246 g/mol. The average molecular weight is 246 g/mol. The molecular weight excluding hydrogens is 228 g/mol. The Morgan fingerprint density at radius 2 is 2.50 bits per heavy atom.